The number of nitriles is 1. The van der Waals surface area contributed by atoms with Crippen LogP contribution in [0.15, 0.2) is 52.9 Å². The number of aromatic nitrogens is 1. The minimum Gasteiger partial charge on any atom is -0.492 e. The fraction of sp³-hybridized carbons (Fsp3) is 0.333. The number of nitrogens with zero attached hydrogens (tertiary/aromatic N) is 3. The van der Waals surface area contributed by atoms with Crippen LogP contribution in [0.5, 0.6) is 5.75 Å². The Hall–Kier alpha value is -2.84. The van der Waals surface area contributed by atoms with Gasteiger partial charge in [-0.2, -0.15) is 5.26 Å². The highest BCUT2D eigenvalue weighted by Gasteiger charge is 2.25. The molecule has 1 fully saturated rings. The van der Waals surface area contributed by atoms with Crippen molar-refractivity contribution in [2.75, 3.05) is 26.2 Å². The van der Waals surface area contributed by atoms with Gasteiger partial charge in [0.25, 0.3) is 0 Å². The van der Waals surface area contributed by atoms with Crippen molar-refractivity contribution in [2.45, 2.75) is 18.8 Å². The largest absolute Gasteiger partial charge is 0.492 e. The monoisotopic (exact) mass is 347 g/mol. The van der Waals surface area contributed by atoms with Gasteiger partial charge < -0.3 is 9.15 Å². The lowest BCUT2D eigenvalue weighted by Gasteiger charge is -2.31. The van der Waals surface area contributed by atoms with Crippen LogP contribution in [-0.2, 0) is 0 Å². The minimum absolute atomic E-state index is 0.332. The number of rotatable bonds is 5. The van der Waals surface area contributed by atoms with Crippen molar-refractivity contribution in [1.82, 2.24) is 9.88 Å². The SMILES string of the molecule is N#Cc1cccc(OCCN2CCCC(c3nc4ccccc4o3)C2)c1. The first-order valence-electron chi connectivity index (χ1n) is 9.02. The zero-order valence-corrected chi connectivity index (χ0v) is 14.6. The van der Waals surface area contributed by atoms with Crippen LogP contribution < -0.4 is 4.74 Å². The summed E-state index contributed by atoms with van der Waals surface area (Å²) < 4.78 is 11.8. The van der Waals surface area contributed by atoms with Crippen LogP contribution in [-0.4, -0.2) is 36.1 Å². The van der Waals surface area contributed by atoms with Gasteiger partial charge in [-0.1, -0.05) is 18.2 Å². The van der Waals surface area contributed by atoms with E-state index < -0.39 is 0 Å². The zero-order valence-electron chi connectivity index (χ0n) is 14.6. The molecule has 0 bridgehead atoms. The Bertz CT molecular complexity index is 895. The van der Waals surface area contributed by atoms with Gasteiger partial charge in [-0.15, -0.1) is 0 Å². The zero-order chi connectivity index (χ0) is 17.8. The van der Waals surface area contributed by atoms with E-state index in [0.717, 1.165) is 55.2 Å². The summed E-state index contributed by atoms with van der Waals surface area (Å²) in [6.45, 7) is 3.47. The smallest absolute Gasteiger partial charge is 0.199 e. The van der Waals surface area contributed by atoms with Crippen LogP contribution >= 0.6 is 0 Å². The van der Waals surface area contributed by atoms with Gasteiger partial charge in [0.15, 0.2) is 11.5 Å². The van der Waals surface area contributed by atoms with Crippen molar-refractivity contribution in [3.63, 3.8) is 0 Å². The molecule has 1 aliphatic rings. The molecule has 0 radical (unpaired) electrons. The number of likely N-dealkylation sites (tertiary alicyclic amines) is 1. The van der Waals surface area contributed by atoms with Gasteiger partial charge in [-0.3, -0.25) is 4.90 Å². The van der Waals surface area contributed by atoms with E-state index in [1.54, 1.807) is 12.1 Å². The molecule has 2 aromatic carbocycles. The highest BCUT2D eigenvalue weighted by atomic mass is 16.5. The number of hydrogen-bond acceptors (Lipinski definition) is 5. The molecule has 132 valence electrons. The Kier molecular flexibility index (Phi) is 4.85. The third-order valence-electron chi connectivity index (χ3n) is 4.80. The Morgan fingerprint density at radius 1 is 1.23 bits per heavy atom. The first kappa shape index (κ1) is 16.6. The van der Waals surface area contributed by atoms with Crippen LogP contribution in [0.25, 0.3) is 11.1 Å². The van der Waals surface area contributed by atoms with E-state index in [2.05, 4.69) is 16.0 Å². The molecule has 1 aromatic heterocycles. The molecule has 4 rings (SSSR count). The van der Waals surface area contributed by atoms with Crippen LogP contribution in [0.1, 0.15) is 30.2 Å². The summed E-state index contributed by atoms with van der Waals surface area (Å²) in [5.74, 6) is 1.92. The van der Waals surface area contributed by atoms with E-state index in [1.165, 1.54) is 0 Å². The molecule has 0 N–H and O–H groups in total. The lowest BCUT2D eigenvalue weighted by atomic mass is 9.98. The van der Waals surface area contributed by atoms with Crippen molar-refractivity contribution in [3.8, 4) is 11.8 Å². The first-order valence-corrected chi connectivity index (χ1v) is 9.02. The topological polar surface area (TPSA) is 62.3 Å². The van der Waals surface area contributed by atoms with Gasteiger partial charge in [-0.25, -0.2) is 4.98 Å². The molecular weight excluding hydrogens is 326 g/mol. The summed E-state index contributed by atoms with van der Waals surface area (Å²) in [5, 5.41) is 8.95. The van der Waals surface area contributed by atoms with Crippen molar-refractivity contribution < 1.29 is 9.15 Å². The number of hydrogen-bond donors (Lipinski definition) is 0. The Morgan fingerprint density at radius 3 is 3.04 bits per heavy atom. The molecular formula is C21H21N3O2. The van der Waals surface area contributed by atoms with E-state index in [9.17, 15) is 0 Å². The molecule has 1 unspecified atom stereocenters. The standard InChI is InChI=1S/C21H21N3O2/c22-14-16-5-3-7-18(13-16)25-12-11-24-10-4-6-17(15-24)21-23-19-8-1-2-9-20(19)26-21/h1-3,5,7-9,13,17H,4,6,10-12,15H2. The maximum atomic E-state index is 8.95. The molecule has 1 aliphatic heterocycles. The van der Waals surface area contributed by atoms with Crippen molar-refractivity contribution in [2.24, 2.45) is 0 Å². The highest BCUT2D eigenvalue weighted by Crippen LogP contribution is 2.28. The summed E-state index contributed by atoms with van der Waals surface area (Å²) in [4.78, 5) is 7.06. The molecule has 0 amide bonds. The van der Waals surface area contributed by atoms with Gasteiger partial charge in [0.2, 0.25) is 0 Å². The summed E-state index contributed by atoms with van der Waals surface area (Å²) in [7, 11) is 0. The number of benzene rings is 2. The fourth-order valence-corrected chi connectivity index (χ4v) is 3.47. The quantitative estimate of drug-likeness (QED) is 0.699. The van der Waals surface area contributed by atoms with Crippen LogP contribution in [0.4, 0.5) is 0 Å². The van der Waals surface area contributed by atoms with Crippen LogP contribution in [0.2, 0.25) is 0 Å². The average molecular weight is 347 g/mol. The second-order valence-corrected chi connectivity index (χ2v) is 6.65. The molecule has 1 saturated heterocycles. The predicted octanol–water partition coefficient (Wildman–Crippen LogP) is 3.96. The van der Waals surface area contributed by atoms with E-state index in [1.807, 2.05) is 36.4 Å². The van der Waals surface area contributed by atoms with Gasteiger partial charge >= 0.3 is 0 Å². The van der Waals surface area contributed by atoms with Crippen molar-refractivity contribution in [3.05, 3.63) is 60.0 Å². The van der Waals surface area contributed by atoms with Gasteiger partial charge in [0.1, 0.15) is 17.9 Å². The number of oxazole rings is 1. The number of fused-ring (bicyclic) bond motifs is 1. The van der Waals surface area contributed by atoms with E-state index in [0.29, 0.717) is 18.1 Å². The third kappa shape index (κ3) is 3.71. The van der Waals surface area contributed by atoms with Crippen LogP contribution in [0.3, 0.4) is 0 Å². The molecule has 5 heteroatoms. The number of ether oxygens (including phenoxy) is 1. The lowest BCUT2D eigenvalue weighted by molar-refractivity contribution is 0.162. The molecule has 0 saturated carbocycles. The third-order valence-corrected chi connectivity index (χ3v) is 4.80. The maximum Gasteiger partial charge on any atom is 0.199 e. The maximum absolute atomic E-state index is 8.95. The minimum atomic E-state index is 0.332. The molecule has 5 nitrogen and oxygen atoms in total. The summed E-state index contributed by atoms with van der Waals surface area (Å²) in [6, 6.07) is 17.3. The Labute approximate surface area is 152 Å². The second-order valence-electron chi connectivity index (χ2n) is 6.65. The predicted molar refractivity (Wildman–Crippen MR) is 99.1 cm³/mol. The summed E-state index contributed by atoms with van der Waals surface area (Å²) in [6.07, 6.45) is 2.24. The van der Waals surface area contributed by atoms with Gasteiger partial charge in [0.05, 0.1) is 11.6 Å². The molecule has 0 aliphatic carbocycles. The average Bonchev–Trinajstić information content (AvgIpc) is 3.13. The molecule has 26 heavy (non-hydrogen) atoms. The molecule has 3 aromatic rings. The fourth-order valence-electron chi connectivity index (χ4n) is 3.47. The number of para-hydroxylation sites is 2. The van der Waals surface area contributed by atoms with Gasteiger partial charge in [-0.05, 0) is 49.7 Å². The molecule has 0 spiro atoms. The normalized spacial score (nSPS) is 17.9. The van der Waals surface area contributed by atoms with Gasteiger partial charge in [0, 0.05) is 19.0 Å². The lowest BCUT2D eigenvalue weighted by Crippen LogP contribution is -2.37. The molecule has 1 atom stereocenters. The number of piperidine rings is 1. The van der Waals surface area contributed by atoms with E-state index in [4.69, 9.17) is 14.4 Å². The summed E-state index contributed by atoms with van der Waals surface area (Å²) >= 11 is 0. The first-order chi connectivity index (χ1) is 12.8. The van der Waals surface area contributed by atoms with E-state index >= 15 is 0 Å². The Balaban J connectivity index is 1.34. The Morgan fingerprint density at radius 2 is 2.15 bits per heavy atom. The van der Waals surface area contributed by atoms with E-state index in [-0.39, 0.29) is 0 Å². The second kappa shape index (κ2) is 7.59. The highest BCUT2D eigenvalue weighted by molar-refractivity contribution is 5.72. The van der Waals surface area contributed by atoms with Crippen molar-refractivity contribution >= 4 is 11.1 Å². The van der Waals surface area contributed by atoms with Crippen molar-refractivity contribution in [1.29, 1.82) is 5.26 Å². The summed E-state index contributed by atoms with van der Waals surface area (Å²) in [5.41, 5.74) is 2.41. The molecule has 2 heterocycles. The van der Waals surface area contributed by atoms with Crippen LogP contribution in [0, 0.1) is 11.3 Å².